The molecule has 0 aromatic rings. The topological polar surface area (TPSA) is 89.9 Å². The van der Waals surface area contributed by atoms with Crippen molar-refractivity contribution in [2.75, 3.05) is 6.61 Å². The first-order valence-corrected chi connectivity index (χ1v) is 9.63. The lowest BCUT2D eigenvalue weighted by atomic mass is 9.69. The maximum absolute atomic E-state index is 12.2. The first kappa shape index (κ1) is 20.5. The molecule has 2 fully saturated rings. The lowest BCUT2D eigenvalue weighted by Gasteiger charge is -2.36. The van der Waals surface area contributed by atoms with E-state index in [0.29, 0.717) is 11.8 Å². The van der Waals surface area contributed by atoms with Gasteiger partial charge >= 0.3 is 17.9 Å². The number of rotatable bonds is 7. The summed E-state index contributed by atoms with van der Waals surface area (Å²) < 4.78 is 10.3. The van der Waals surface area contributed by atoms with Gasteiger partial charge in [0.25, 0.3) is 0 Å². The summed E-state index contributed by atoms with van der Waals surface area (Å²) >= 11 is 0. The Morgan fingerprint density at radius 1 is 1.00 bits per heavy atom. The van der Waals surface area contributed by atoms with Crippen molar-refractivity contribution < 1.29 is 29.0 Å². The Bertz CT molecular complexity index is 512. The second-order valence-electron chi connectivity index (χ2n) is 7.64. The Balaban J connectivity index is 1.68. The summed E-state index contributed by atoms with van der Waals surface area (Å²) in [6, 6.07) is 0. The van der Waals surface area contributed by atoms with E-state index in [9.17, 15) is 14.4 Å². The molecule has 6 nitrogen and oxygen atoms in total. The second kappa shape index (κ2) is 9.74. The summed E-state index contributed by atoms with van der Waals surface area (Å²) in [7, 11) is 0. The summed E-state index contributed by atoms with van der Waals surface area (Å²) in [4.78, 5) is 34.4. The van der Waals surface area contributed by atoms with E-state index in [-0.39, 0.29) is 24.4 Å². The van der Waals surface area contributed by atoms with Crippen molar-refractivity contribution in [1.29, 1.82) is 0 Å². The fourth-order valence-electron chi connectivity index (χ4n) is 4.26. The lowest BCUT2D eigenvalue weighted by molar-refractivity contribution is -0.158. The number of esters is 2. The van der Waals surface area contributed by atoms with Crippen molar-refractivity contribution in [1.82, 2.24) is 0 Å². The fraction of sp³-hybridized carbons (Fsp3) is 0.750. The summed E-state index contributed by atoms with van der Waals surface area (Å²) in [5.41, 5.74) is 0. The van der Waals surface area contributed by atoms with Crippen molar-refractivity contribution in [3.63, 3.8) is 0 Å². The molecule has 0 aromatic carbocycles. The van der Waals surface area contributed by atoms with Crippen LogP contribution in [-0.2, 0) is 23.9 Å². The zero-order valence-electron chi connectivity index (χ0n) is 15.5. The van der Waals surface area contributed by atoms with Crippen LogP contribution in [0.1, 0.15) is 58.3 Å². The predicted molar refractivity (Wildman–Crippen MR) is 95.2 cm³/mol. The molecule has 26 heavy (non-hydrogen) atoms. The van der Waals surface area contributed by atoms with Crippen LogP contribution in [0.3, 0.4) is 0 Å². The Kier molecular flexibility index (Phi) is 7.66. The number of carboxylic acids is 1. The summed E-state index contributed by atoms with van der Waals surface area (Å²) in [5.74, 6) is -0.449. The molecule has 0 heterocycles. The van der Waals surface area contributed by atoms with E-state index < -0.39 is 18.0 Å². The molecule has 146 valence electrons. The Morgan fingerprint density at radius 3 is 1.96 bits per heavy atom. The van der Waals surface area contributed by atoms with Crippen molar-refractivity contribution >= 4 is 17.9 Å². The van der Waals surface area contributed by atoms with E-state index in [1.54, 1.807) is 6.92 Å². The average Bonchev–Trinajstić information content (AvgIpc) is 2.66. The van der Waals surface area contributed by atoms with Gasteiger partial charge in [-0.15, -0.1) is 0 Å². The lowest BCUT2D eigenvalue weighted by Crippen LogP contribution is -2.31. The van der Waals surface area contributed by atoms with Gasteiger partial charge in [-0.05, 0) is 70.1 Å². The molecular formula is C20H30O6. The Morgan fingerprint density at radius 2 is 1.50 bits per heavy atom. The quantitative estimate of drug-likeness (QED) is 0.549. The van der Waals surface area contributed by atoms with Gasteiger partial charge in [0.05, 0.1) is 11.8 Å². The van der Waals surface area contributed by atoms with E-state index in [1.165, 1.54) is 0 Å². The van der Waals surface area contributed by atoms with Crippen molar-refractivity contribution in [3.8, 4) is 0 Å². The molecule has 0 radical (unpaired) electrons. The number of aliphatic carboxylic acids is 1. The van der Waals surface area contributed by atoms with Crippen LogP contribution < -0.4 is 0 Å². The van der Waals surface area contributed by atoms with Gasteiger partial charge in [-0.25, -0.2) is 4.79 Å². The van der Waals surface area contributed by atoms with Gasteiger partial charge in [0.2, 0.25) is 0 Å². The van der Waals surface area contributed by atoms with Gasteiger partial charge in [-0.3, -0.25) is 9.59 Å². The normalized spacial score (nSPS) is 30.0. The second-order valence-corrected chi connectivity index (χ2v) is 7.64. The Hall–Kier alpha value is -1.85. The fourth-order valence-corrected chi connectivity index (χ4v) is 4.26. The maximum atomic E-state index is 12.2. The van der Waals surface area contributed by atoms with Crippen molar-refractivity contribution in [3.05, 3.63) is 12.7 Å². The highest BCUT2D eigenvalue weighted by Crippen LogP contribution is 2.41. The first-order chi connectivity index (χ1) is 12.4. The molecule has 2 saturated carbocycles. The van der Waals surface area contributed by atoms with Gasteiger partial charge < -0.3 is 14.6 Å². The summed E-state index contributed by atoms with van der Waals surface area (Å²) in [5, 5.41) is 9.10. The molecule has 1 N–H and O–H groups in total. The van der Waals surface area contributed by atoms with E-state index >= 15 is 0 Å². The minimum absolute atomic E-state index is 0.0670. The summed E-state index contributed by atoms with van der Waals surface area (Å²) in [6.45, 7) is 5.08. The Labute approximate surface area is 154 Å². The molecule has 0 bridgehead atoms. The van der Waals surface area contributed by atoms with Gasteiger partial charge in [-0.1, -0.05) is 6.58 Å². The molecule has 6 heteroatoms. The number of hydrogen-bond donors (Lipinski definition) is 1. The zero-order valence-corrected chi connectivity index (χ0v) is 15.5. The predicted octanol–water partition coefficient (Wildman–Crippen LogP) is 3.34. The molecule has 2 aliphatic rings. The molecule has 1 unspecified atom stereocenters. The minimum Gasteiger partial charge on any atom is -0.481 e. The van der Waals surface area contributed by atoms with E-state index in [1.807, 2.05) is 0 Å². The van der Waals surface area contributed by atoms with Crippen molar-refractivity contribution in [2.24, 2.45) is 23.7 Å². The van der Waals surface area contributed by atoms with Crippen LogP contribution in [0.25, 0.3) is 0 Å². The highest BCUT2D eigenvalue weighted by molar-refractivity contribution is 5.81. The number of ether oxygens (including phenoxy) is 2. The molecule has 2 aliphatic carbocycles. The van der Waals surface area contributed by atoms with Crippen molar-refractivity contribution in [2.45, 2.75) is 64.4 Å². The molecule has 0 saturated heterocycles. The maximum Gasteiger partial charge on any atom is 0.330 e. The van der Waals surface area contributed by atoms with Crippen LogP contribution in [0.15, 0.2) is 12.7 Å². The molecule has 0 aromatic heterocycles. The van der Waals surface area contributed by atoms with Crippen LogP contribution in [-0.4, -0.2) is 35.7 Å². The summed E-state index contributed by atoms with van der Waals surface area (Å²) in [6.07, 6.45) is 7.80. The highest BCUT2D eigenvalue weighted by atomic mass is 16.6. The third-order valence-electron chi connectivity index (χ3n) is 5.84. The van der Waals surface area contributed by atoms with Crippen LogP contribution >= 0.6 is 0 Å². The standard InChI is InChI=1S/C20H30O6/c1-3-18(21)26-13(2)12-25-20(24)17-10-6-15(7-11-17)14-4-8-16(9-5-14)19(22)23/h3,13-17H,1,4-12H2,2H3,(H,22,23). The third kappa shape index (κ3) is 5.85. The van der Waals surface area contributed by atoms with Crippen LogP contribution in [0.5, 0.6) is 0 Å². The number of hydrogen-bond acceptors (Lipinski definition) is 5. The largest absolute Gasteiger partial charge is 0.481 e. The molecular weight excluding hydrogens is 336 g/mol. The molecule has 2 rings (SSSR count). The monoisotopic (exact) mass is 366 g/mol. The van der Waals surface area contributed by atoms with E-state index in [0.717, 1.165) is 57.4 Å². The zero-order chi connectivity index (χ0) is 19.1. The smallest absolute Gasteiger partial charge is 0.330 e. The molecule has 1 atom stereocenters. The minimum atomic E-state index is -0.664. The first-order valence-electron chi connectivity index (χ1n) is 9.63. The molecule has 0 aliphatic heterocycles. The van der Waals surface area contributed by atoms with E-state index in [2.05, 4.69) is 6.58 Å². The third-order valence-corrected chi connectivity index (χ3v) is 5.84. The van der Waals surface area contributed by atoms with Gasteiger partial charge in [0.1, 0.15) is 12.7 Å². The van der Waals surface area contributed by atoms with Gasteiger partial charge in [0.15, 0.2) is 0 Å². The SMILES string of the molecule is C=CC(=O)OC(C)COC(=O)C1CCC(C2CCC(C(=O)O)CC2)CC1. The van der Waals surface area contributed by atoms with E-state index in [4.69, 9.17) is 14.6 Å². The highest BCUT2D eigenvalue weighted by Gasteiger charge is 2.34. The number of carbonyl (C=O) groups is 3. The number of carboxylic acid groups (broad SMARTS) is 1. The van der Waals surface area contributed by atoms with Gasteiger partial charge in [0, 0.05) is 6.08 Å². The molecule has 0 spiro atoms. The number of carbonyl (C=O) groups excluding carboxylic acids is 2. The van der Waals surface area contributed by atoms with Crippen LogP contribution in [0, 0.1) is 23.7 Å². The molecule has 0 amide bonds. The van der Waals surface area contributed by atoms with Crippen LogP contribution in [0.4, 0.5) is 0 Å². The average molecular weight is 366 g/mol. The van der Waals surface area contributed by atoms with Crippen LogP contribution in [0.2, 0.25) is 0 Å². The van der Waals surface area contributed by atoms with Gasteiger partial charge in [-0.2, -0.15) is 0 Å².